The summed E-state index contributed by atoms with van der Waals surface area (Å²) in [6.45, 7) is 5.21. The van der Waals surface area contributed by atoms with Crippen LogP contribution in [0.3, 0.4) is 0 Å². The summed E-state index contributed by atoms with van der Waals surface area (Å²) < 4.78 is 0. The number of hydrogen-bond acceptors (Lipinski definition) is 3. The molecule has 2 heterocycles. The lowest BCUT2D eigenvalue weighted by atomic mass is 10.1. The van der Waals surface area contributed by atoms with Crippen molar-refractivity contribution in [3.63, 3.8) is 0 Å². The minimum atomic E-state index is -0.478. The van der Waals surface area contributed by atoms with Crippen LogP contribution >= 0.6 is 0 Å². The zero-order chi connectivity index (χ0) is 15.5. The summed E-state index contributed by atoms with van der Waals surface area (Å²) in [5.74, 6) is 0.120. The molecular formula is C17H23N3O2. The van der Waals surface area contributed by atoms with Crippen molar-refractivity contribution in [1.82, 2.24) is 14.8 Å². The normalized spacial score (nSPS) is 20.3. The summed E-state index contributed by atoms with van der Waals surface area (Å²) >= 11 is 0. The largest absolute Gasteiger partial charge is 0.390 e. The third-order valence-electron chi connectivity index (χ3n) is 4.27. The van der Waals surface area contributed by atoms with E-state index in [9.17, 15) is 9.90 Å². The molecule has 0 radical (unpaired) electrons. The van der Waals surface area contributed by atoms with E-state index in [0.717, 1.165) is 18.6 Å². The number of H-pyrrole nitrogens is 1. The molecule has 1 aromatic carbocycles. The van der Waals surface area contributed by atoms with Crippen LogP contribution in [0.15, 0.2) is 30.5 Å². The molecule has 1 fully saturated rings. The summed E-state index contributed by atoms with van der Waals surface area (Å²) in [6.07, 6.45) is 1.96. The zero-order valence-electron chi connectivity index (χ0n) is 13.0. The third-order valence-corrected chi connectivity index (χ3v) is 4.27. The molecule has 1 aliphatic heterocycles. The van der Waals surface area contributed by atoms with E-state index in [0.29, 0.717) is 26.1 Å². The van der Waals surface area contributed by atoms with E-state index in [4.69, 9.17) is 0 Å². The van der Waals surface area contributed by atoms with Crippen LogP contribution in [-0.2, 0) is 11.3 Å². The second-order valence-corrected chi connectivity index (χ2v) is 5.98. The van der Waals surface area contributed by atoms with Crippen molar-refractivity contribution in [3.8, 4) is 0 Å². The number of β-amino-alcohol motifs (C(OH)–C–C–N with tert-alkyl or cyclic N) is 1. The van der Waals surface area contributed by atoms with Crippen LogP contribution in [0.4, 0.5) is 0 Å². The van der Waals surface area contributed by atoms with Gasteiger partial charge in [0.2, 0.25) is 5.91 Å². The number of benzene rings is 1. The van der Waals surface area contributed by atoms with Crippen LogP contribution in [0, 0.1) is 0 Å². The Balaban J connectivity index is 1.68. The van der Waals surface area contributed by atoms with Gasteiger partial charge in [0, 0.05) is 50.9 Å². The van der Waals surface area contributed by atoms with Gasteiger partial charge in [-0.05, 0) is 29.1 Å². The molecule has 1 saturated heterocycles. The summed E-state index contributed by atoms with van der Waals surface area (Å²) in [5.41, 5.74) is 2.37. The fourth-order valence-electron chi connectivity index (χ4n) is 3.11. The number of hydrogen-bond donors (Lipinski definition) is 2. The lowest BCUT2D eigenvalue weighted by Gasteiger charge is -2.21. The number of rotatable bonds is 3. The molecule has 0 aliphatic carbocycles. The molecule has 0 spiro atoms. The van der Waals surface area contributed by atoms with Crippen LogP contribution in [0.25, 0.3) is 10.9 Å². The number of nitrogens with zero attached hydrogens (tertiary/aromatic N) is 2. The Morgan fingerprint density at radius 2 is 2.18 bits per heavy atom. The molecule has 0 unspecified atom stereocenters. The first-order valence-electron chi connectivity index (χ1n) is 7.90. The van der Waals surface area contributed by atoms with Gasteiger partial charge in [-0.25, -0.2) is 0 Å². The van der Waals surface area contributed by atoms with Crippen molar-refractivity contribution < 1.29 is 9.90 Å². The highest BCUT2D eigenvalue weighted by Crippen LogP contribution is 2.16. The fourth-order valence-corrected chi connectivity index (χ4v) is 3.11. The molecule has 22 heavy (non-hydrogen) atoms. The first-order chi connectivity index (χ1) is 10.7. The number of aliphatic hydroxyl groups is 1. The molecule has 3 rings (SSSR count). The maximum absolute atomic E-state index is 11.8. The molecule has 5 heteroatoms. The Hall–Kier alpha value is -1.85. The third kappa shape index (κ3) is 3.31. The van der Waals surface area contributed by atoms with E-state index < -0.39 is 6.10 Å². The van der Waals surface area contributed by atoms with Gasteiger partial charge < -0.3 is 15.0 Å². The minimum Gasteiger partial charge on any atom is -0.390 e. The van der Waals surface area contributed by atoms with Crippen molar-refractivity contribution in [1.29, 1.82) is 0 Å². The van der Waals surface area contributed by atoms with Crippen molar-refractivity contribution in [2.24, 2.45) is 0 Å². The smallest absolute Gasteiger partial charge is 0.222 e. The van der Waals surface area contributed by atoms with Gasteiger partial charge in [0.25, 0.3) is 0 Å². The second-order valence-electron chi connectivity index (χ2n) is 5.98. The number of aromatic amines is 1. The highest BCUT2D eigenvalue weighted by atomic mass is 16.3. The van der Waals surface area contributed by atoms with Gasteiger partial charge in [0.1, 0.15) is 0 Å². The van der Waals surface area contributed by atoms with Gasteiger partial charge >= 0.3 is 0 Å². The van der Waals surface area contributed by atoms with Gasteiger partial charge in [-0.3, -0.25) is 9.69 Å². The summed E-state index contributed by atoms with van der Waals surface area (Å²) in [7, 11) is 0. The number of amides is 1. The van der Waals surface area contributed by atoms with E-state index >= 15 is 0 Å². The molecule has 5 nitrogen and oxygen atoms in total. The van der Waals surface area contributed by atoms with Gasteiger partial charge in [0.15, 0.2) is 0 Å². The van der Waals surface area contributed by atoms with E-state index in [1.54, 1.807) is 4.90 Å². The molecule has 1 aromatic heterocycles. The van der Waals surface area contributed by atoms with E-state index in [2.05, 4.69) is 34.1 Å². The summed E-state index contributed by atoms with van der Waals surface area (Å²) in [4.78, 5) is 19.0. The Morgan fingerprint density at radius 3 is 3.00 bits per heavy atom. The monoisotopic (exact) mass is 301 g/mol. The molecule has 1 atom stereocenters. The first-order valence-corrected chi connectivity index (χ1v) is 7.90. The summed E-state index contributed by atoms with van der Waals surface area (Å²) in [5, 5.41) is 11.4. The predicted octanol–water partition coefficient (Wildman–Crippen LogP) is 1.58. The fraction of sp³-hybridized carbons (Fsp3) is 0.471. The number of aliphatic hydroxyl groups excluding tert-OH is 1. The molecule has 0 bridgehead atoms. The predicted molar refractivity (Wildman–Crippen MR) is 86.5 cm³/mol. The van der Waals surface area contributed by atoms with Crippen molar-refractivity contribution in [2.75, 3.05) is 26.2 Å². The molecule has 118 valence electrons. The van der Waals surface area contributed by atoms with Gasteiger partial charge in [-0.2, -0.15) is 0 Å². The average Bonchev–Trinajstić information content (AvgIpc) is 2.89. The second kappa shape index (κ2) is 6.50. The van der Waals surface area contributed by atoms with E-state index in [1.807, 2.05) is 13.1 Å². The maximum atomic E-state index is 11.8. The molecule has 2 aromatic rings. The molecule has 0 saturated carbocycles. The lowest BCUT2D eigenvalue weighted by molar-refractivity contribution is -0.131. The van der Waals surface area contributed by atoms with Crippen LogP contribution in [-0.4, -0.2) is 58.1 Å². The Labute approximate surface area is 130 Å². The number of aromatic nitrogens is 1. The van der Waals surface area contributed by atoms with Gasteiger partial charge in [-0.15, -0.1) is 0 Å². The van der Waals surface area contributed by atoms with Crippen molar-refractivity contribution >= 4 is 16.8 Å². The lowest BCUT2D eigenvalue weighted by Crippen LogP contribution is -2.37. The van der Waals surface area contributed by atoms with Crippen molar-refractivity contribution in [3.05, 3.63) is 36.0 Å². The van der Waals surface area contributed by atoms with Crippen LogP contribution in [0.2, 0.25) is 0 Å². The molecule has 2 N–H and O–H groups in total. The van der Waals surface area contributed by atoms with Gasteiger partial charge in [0.05, 0.1) is 6.10 Å². The van der Waals surface area contributed by atoms with Gasteiger partial charge in [-0.1, -0.05) is 13.0 Å². The number of nitrogens with one attached hydrogen (secondary N) is 1. The van der Waals surface area contributed by atoms with E-state index in [1.165, 1.54) is 10.9 Å². The highest BCUT2D eigenvalue weighted by molar-refractivity contribution is 5.79. The Bertz CT molecular complexity index is 652. The molecule has 1 aliphatic rings. The molecule has 1 amide bonds. The van der Waals surface area contributed by atoms with Crippen molar-refractivity contribution in [2.45, 2.75) is 26.0 Å². The minimum absolute atomic E-state index is 0.120. The average molecular weight is 301 g/mol. The maximum Gasteiger partial charge on any atom is 0.222 e. The van der Waals surface area contributed by atoms with Crippen LogP contribution < -0.4 is 0 Å². The number of carbonyl (C=O) groups is 1. The quantitative estimate of drug-likeness (QED) is 0.905. The van der Waals surface area contributed by atoms with Crippen LogP contribution in [0.5, 0.6) is 0 Å². The molecular weight excluding hydrogens is 278 g/mol. The SMILES string of the molecule is CCC(=O)N1CCN(Cc2ccc3[nH]ccc3c2)C[C@@H](O)C1. The standard InChI is InChI=1S/C17H23N3O2/c1-2-17(22)20-8-7-19(11-15(21)12-20)10-13-3-4-16-14(9-13)5-6-18-16/h3-6,9,15,18,21H,2,7-8,10-12H2,1H3/t15-/m1/s1. The number of fused-ring (bicyclic) bond motifs is 1. The highest BCUT2D eigenvalue weighted by Gasteiger charge is 2.23. The summed E-state index contributed by atoms with van der Waals surface area (Å²) in [6, 6.07) is 8.45. The topological polar surface area (TPSA) is 59.6 Å². The zero-order valence-corrected chi connectivity index (χ0v) is 13.0. The van der Waals surface area contributed by atoms with E-state index in [-0.39, 0.29) is 5.91 Å². The number of carbonyl (C=O) groups excluding carboxylic acids is 1. The Morgan fingerprint density at radius 1 is 1.32 bits per heavy atom. The van der Waals surface area contributed by atoms with Crippen LogP contribution in [0.1, 0.15) is 18.9 Å². The first kappa shape index (κ1) is 15.1. The Kier molecular flexibility index (Phi) is 4.45.